The third-order valence-electron chi connectivity index (χ3n) is 3.91. The number of nitrogens with one attached hydrogen (secondary N) is 1. The van der Waals surface area contributed by atoms with E-state index in [2.05, 4.69) is 21.2 Å². The van der Waals surface area contributed by atoms with Crippen molar-refractivity contribution < 1.29 is 4.79 Å². The summed E-state index contributed by atoms with van der Waals surface area (Å²) in [4.78, 5) is 16.7. The van der Waals surface area contributed by atoms with Crippen LogP contribution in [0.15, 0.2) is 11.8 Å². The molecule has 1 fully saturated rings. The Labute approximate surface area is 116 Å². The molecule has 1 N–H and O–H groups in total. The quantitative estimate of drug-likeness (QED) is 0.759. The van der Waals surface area contributed by atoms with Crippen LogP contribution in [0.5, 0.6) is 0 Å². The third-order valence-corrected chi connectivity index (χ3v) is 3.91. The number of allylic oxidation sites excluding steroid dienone is 2. The topological polar surface area (TPSA) is 35.6 Å². The summed E-state index contributed by atoms with van der Waals surface area (Å²) in [5, 5.41) is 3.12. The van der Waals surface area contributed by atoms with Crippen LogP contribution in [0.25, 0.3) is 0 Å². The maximum absolute atomic E-state index is 12.5. The largest absolute Gasteiger partial charge is 0.318 e. The maximum atomic E-state index is 12.5. The zero-order valence-electron chi connectivity index (χ0n) is 12.3. The van der Waals surface area contributed by atoms with Crippen molar-refractivity contribution in [1.82, 2.24) is 15.1 Å². The molecule has 0 radical (unpaired) electrons. The molecule has 0 aromatic heterocycles. The molecule has 0 unspecified atom stereocenters. The first kappa shape index (κ1) is 14.5. The van der Waals surface area contributed by atoms with E-state index in [1.807, 2.05) is 14.1 Å². The molecule has 2 aliphatic carbocycles. The second kappa shape index (κ2) is 7.06. The first-order chi connectivity index (χ1) is 9.22. The molecule has 1 amide bonds. The van der Waals surface area contributed by atoms with Crippen LogP contribution >= 0.6 is 0 Å². The van der Waals surface area contributed by atoms with E-state index in [1.165, 1.54) is 31.4 Å². The van der Waals surface area contributed by atoms with E-state index in [-0.39, 0.29) is 5.91 Å². The number of hydrogen-bond acceptors (Lipinski definition) is 3. The van der Waals surface area contributed by atoms with Crippen LogP contribution in [0.4, 0.5) is 0 Å². The van der Waals surface area contributed by atoms with Crippen molar-refractivity contribution in [3.05, 3.63) is 11.8 Å². The average molecular weight is 265 g/mol. The van der Waals surface area contributed by atoms with E-state index in [9.17, 15) is 4.79 Å². The average Bonchev–Trinajstić information content (AvgIpc) is 3.22. The van der Waals surface area contributed by atoms with Gasteiger partial charge in [-0.15, -0.1) is 0 Å². The van der Waals surface area contributed by atoms with E-state index < -0.39 is 0 Å². The highest BCUT2D eigenvalue weighted by atomic mass is 16.2. The molecule has 0 bridgehead atoms. The first-order valence-electron chi connectivity index (χ1n) is 7.56. The molecule has 0 aliphatic heterocycles. The van der Waals surface area contributed by atoms with E-state index in [1.54, 1.807) is 0 Å². The van der Waals surface area contributed by atoms with Crippen LogP contribution in [0.3, 0.4) is 0 Å². The van der Waals surface area contributed by atoms with E-state index in [4.69, 9.17) is 0 Å². The van der Waals surface area contributed by atoms with Crippen LogP contribution in [0.1, 0.15) is 38.5 Å². The Morgan fingerprint density at radius 3 is 2.79 bits per heavy atom. The number of carbonyl (C=O) groups is 1. The smallest absolute Gasteiger partial charge is 0.241 e. The van der Waals surface area contributed by atoms with Gasteiger partial charge in [-0.1, -0.05) is 6.08 Å². The molecule has 0 heterocycles. The molecule has 4 heteroatoms. The minimum Gasteiger partial charge on any atom is -0.318 e. The summed E-state index contributed by atoms with van der Waals surface area (Å²) in [7, 11) is 3.97. The Morgan fingerprint density at radius 1 is 1.42 bits per heavy atom. The van der Waals surface area contributed by atoms with Crippen LogP contribution < -0.4 is 5.32 Å². The fourth-order valence-electron chi connectivity index (χ4n) is 2.66. The molecular weight excluding hydrogens is 238 g/mol. The molecule has 2 aliphatic rings. The zero-order chi connectivity index (χ0) is 13.7. The van der Waals surface area contributed by atoms with Crippen molar-refractivity contribution in [2.24, 2.45) is 0 Å². The summed E-state index contributed by atoms with van der Waals surface area (Å²) in [6, 6.07) is 0.495. The summed E-state index contributed by atoms with van der Waals surface area (Å²) < 4.78 is 0. The first-order valence-corrected chi connectivity index (χ1v) is 7.56. The highest BCUT2D eigenvalue weighted by Crippen LogP contribution is 2.33. The number of rotatable bonds is 7. The number of carbonyl (C=O) groups excluding carboxylic acids is 1. The Kier molecular flexibility index (Phi) is 5.40. The molecule has 0 aromatic rings. The van der Waals surface area contributed by atoms with Crippen LogP contribution in [-0.4, -0.2) is 55.5 Å². The maximum Gasteiger partial charge on any atom is 0.241 e. The van der Waals surface area contributed by atoms with Crippen molar-refractivity contribution in [2.45, 2.75) is 44.6 Å². The van der Waals surface area contributed by atoms with Gasteiger partial charge in [0.05, 0.1) is 6.54 Å². The van der Waals surface area contributed by atoms with E-state index in [0.29, 0.717) is 12.6 Å². The lowest BCUT2D eigenvalue weighted by Gasteiger charge is -2.29. The Balaban J connectivity index is 1.91. The fraction of sp³-hybridized carbons (Fsp3) is 0.800. The van der Waals surface area contributed by atoms with Gasteiger partial charge in [0.1, 0.15) is 0 Å². The van der Waals surface area contributed by atoms with Crippen molar-refractivity contribution in [3.8, 4) is 0 Å². The third kappa shape index (κ3) is 4.32. The van der Waals surface area contributed by atoms with Gasteiger partial charge in [-0.3, -0.25) is 9.69 Å². The van der Waals surface area contributed by atoms with E-state index in [0.717, 1.165) is 25.9 Å². The van der Waals surface area contributed by atoms with Gasteiger partial charge in [0, 0.05) is 24.8 Å². The Hall–Kier alpha value is -0.870. The molecule has 2 rings (SSSR count). The van der Waals surface area contributed by atoms with Gasteiger partial charge in [0.2, 0.25) is 5.91 Å². The molecule has 4 nitrogen and oxygen atoms in total. The lowest BCUT2D eigenvalue weighted by molar-refractivity contribution is -0.130. The number of likely N-dealkylation sites (N-methyl/N-ethyl adjacent to an activating group) is 2. The Morgan fingerprint density at radius 2 is 2.21 bits per heavy atom. The lowest BCUT2D eigenvalue weighted by Crippen LogP contribution is -2.41. The predicted molar refractivity (Wildman–Crippen MR) is 77.8 cm³/mol. The highest BCUT2D eigenvalue weighted by molar-refractivity contribution is 5.80. The van der Waals surface area contributed by atoms with Crippen LogP contribution in [0.2, 0.25) is 0 Å². The molecule has 1 saturated carbocycles. The molecular formula is C15H27N3O. The molecule has 0 saturated heterocycles. The fourth-order valence-corrected chi connectivity index (χ4v) is 2.66. The van der Waals surface area contributed by atoms with Gasteiger partial charge in [0.25, 0.3) is 0 Å². The van der Waals surface area contributed by atoms with E-state index >= 15 is 0 Å². The van der Waals surface area contributed by atoms with Crippen molar-refractivity contribution in [2.75, 3.05) is 33.7 Å². The lowest BCUT2D eigenvalue weighted by atomic mass is 10.0. The van der Waals surface area contributed by atoms with Crippen molar-refractivity contribution in [3.63, 3.8) is 0 Å². The van der Waals surface area contributed by atoms with Gasteiger partial charge < -0.3 is 10.2 Å². The minimum atomic E-state index is 0.286. The minimum absolute atomic E-state index is 0.286. The SMILES string of the molecule is CNCCN(C)CC(=O)N(C1=CCCCC1)C1CC1. The molecule has 0 atom stereocenters. The number of hydrogen-bond donors (Lipinski definition) is 1. The monoisotopic (exact) mass is 265 g/mol. The zero-order valence-corrected chi connectivity index (χ0v) is 12.3. The highest BCUT2D eigenvalue weighted by Gasteiger charge is 2.35. The molecule has 0 aromatic carbocycles. The van der Waals surface area contributed by atoms with Gasteiger partial charge in [0.15, 0.2) is 0 Å². The Bertz CT molecular complexity index is 336. The number of amides is 1. The second-order valence-corrected chi connectivity index (χ2v) is 5.78. The van der Waals surface area contributed by atoms with Gasteiger partial charge in [-0.05, 0) is 52.6 Å². The second-order valence-electron chi connectivity index (χ2n) is 5.78. The van der Waals surface area contributed by atoms with Crippen molar-refractivity contribution in [1.29, 1.82) is 0 Å². The standard InChI is InChI=1S/C15H27N3O/c1-16-10-11-17(2)12-15(19)18(14-8-9-14)13-6-4-3-5-7-13/h6,14,16H,3-5,7-12H2,1-2H3. The molecule has 0 spiro atoms. The summed E-state index contributed by atoms with van der Waals surface area (Å²) in [6.07, 6.45) is 9.39. The van der Waals surface area contributed by atoms with Gasteiger partial charge in [-0.25, -0.2) is 0 Å². The number of nitrogens with zero attached hydrogens (tertiary/aromatic N) is 2. The molecule has 19 heavy (non-hydrogen) atoms. The van der Waals surface area contributed by atoms with Crippen LogP contribution in [-0.2, 0) is 4.79 Å². The summed E-state index contributed by atoms with van der Waals surface area (Å²) in [5.41, 5.74) is 1.29. The normalized spacial score (nSPS) is 19.4. The summed E-state index contributed by atoms with van der Waals surface area (Å²) >= 11 is 0. The van der Waals surface area contributed by atoms with Gasteiger partial charge in [-0.2, -0.15) is 0 Å². The van der Waals surface area contributed by atoms with Gasteiger partial charge >= 0.3 is 0 Å². The summed E-state index contributed by atoms with van der Waals surface area (Å²) in [5.74, 6) is 0.286. The van der Waals surface area contributed by atoms with Crippen molar-refractivity contribution >= 4 is 5.91 Å². The molecule has 108 valence electrons. The van der Waals surface area contributed by atoms with Crippen LogP contribution in [0, 0.1) is 0 Å². The predicted octanol–water partition coefficient (Wildman–Crippen LogP) is 1.59. The summed E-state index contributed by atoms with van der Waals surface area (Å²) in [6.45, 7) is 2.38.